The summed E-state index contributed by atoms with van der Waals surface area (Å²) >= 11 is 5.91. The number of hydrogen-bond donors (Lipinski definition) is 1. The van der Waals surface area contributed by atoms with Gasteiger partial charge in [0.15, 0.2) is 0 Å². The first kappa shape index (κ1) is 23.0. The predicted molar refractivity (Wildman–Crippen MR) is 120 cm³/mol. The van der Waals surface area contributed by atoms with Crippen molar-refractivity contribution in [2.24, 2.45) is 0 Å². The maximum atomic E-state index is 13.0. The van der Waals surface area contributed by atoms with Gasteiger partial charge in [-0.3, -0.25) is 4.79 Å². The highest BCUT2D eigenvalue weighted by Crippen LogP contribution is 2.15. The summed E-state index contributed by atoms with van der Waals surface area (Å²) in [6, 6.07) is 21.4. The summed E-state index contributed by atoms with van der Waals surface area (Å²) in [6.45, 7) is -0.0859. The van der Waals surface area contributed by atoms with Crippen LogP contribution in [0.15, 0.2) is 78.9 Å². The van der Waals surface area contributed by atoms with Gasteiger partial charge in [-0.2, -0.15) is 0 Å². The van der Waals surface area contributed by atoms with Crippen molar-refractivity contribution in [1.82, 2.24) is 5.32 Å². The van der Waals surface area contributed by atoms with Crippen LogP contribution in [-0.2, 0) is 27.3 Å². The molecule has 164 valence electrons. The molecule has 3 rings (SSSR count). The van der Waals surface area contributed by atoms with Crippen LogP contribution in [0.2, 0.25) is 5.02 Å². The number of nitrogens with one attached hydrogen (secondary N) is 1. The number of carbonyl (C=O) groups is 3. The van der Waals surface area contributed by atoms with Crippen molar-refractivity contribution in [3.05, 3.63) is 106 Å². The lowest BCUT2D eigenvalue weighted by atomic mass is 10.0. The van der Waals surface area contributed by atoms with Crippen molar-refractivity contribution in [1.29, 1.82) is 0 Å². The molecule has 0 radical (unpaired) electrons. The Labute approximate surface area is 191 Å². The normalized spacial score (nSPS) is 11.3. The van der Waals surface area contributed by atoms with Crippen molar-refractivity contribution in [3.8, 4) is 0 Å². The van der Waals surface area contributed by atoms with Gasteiger partial charge in [-0.1, -0.05) is 60.1 Å². The molecule has 32 heavy (non-hydrogen) atoms. The van der Waals surface area contributed by atoms with Gasteiger partial charge in [0.05, 0.1) is 12.7 Å². The molecule has 1 atom stereocenters. The number of ether oxygens (including phenoxy) is 2. The van der Waals surface area contributed by atoms with Crippen LogP contribution < -0.4 is 5.32 Å². The molecule has 0 spiro atoms. The molecule has 0 bridgehead atoms. The Morgan fingerprint density at radius 3 is 2.25 bits per heavy atom. The number of benzene rings is 3. The van der Waals surface area contributed by atoms with Crippen LogP contribution in [0.3, 0.4) is 0 Å². The van der Waals surface area contributed by atoms with Crippen LogP contribution in [0, 0.1) is 0 Å². The predicted octanol–water partition coefficient (Wildman–Crippen LogP) is 4.21. The minimum absolute atomic E-state index is 0.0859. The molecule has 0 saturated carbocycles. The summed E-state index contributed by atoms with van der Waals surface area (Å²) < 4.78 is 10.2. The molecule has 3 aromatic carbocycles. The summed E-state index contributed by atoms with van der Waals surface area (Å²) in [5.41, 5.74) is 2.06. The van der Waals surface area contributed by atoms with Crippen LogP contribution in [0.4, 0.5) is 0 Å². The molecule has 7 heteroatoms. The van der Waals surface area contributed by atoms with Crippen LogP contribution in [0.25, 0.3) is 0 Å². The van der Waals surface area contributed by atoms with Gasteiger partial charge in [-0.25, -0.2) is 9.59 Å². The zero-order valence-electron chi connectivity index (χ0n) is 17.4. The molecule has 6 nitrogen and oxygen atoms in total. The molecule has 0 aliphatic heterocycles. The number of methoxy groups -OCH3 is 1. The van der Waals surface area contributed by atoms with E-state index in [4.69, 9.17) is 21.1 Å². The van der Waals surface area contributed by atoms with Gasteiger partial charge in [-0.05, 0) is 35.9 Å². The standard InChI is InChI=1S/C25H22ClNO5/c1-31-25(30)22(15-17-11-13-20(26)14-12-17)27-23(28)21-10-6-5-9-19(21)16-32-24(29)18-7-3-2-4-8-18/h2-14,22H,15-16H2,1H3,(H,27,28). The Morgan fingerprint density at radius 2 is 1.56 bits per heavy atom. The second-order valence-corrected chi connectivity index (χ2v) is 7.42. The number of amides is 1. The van der Waals surface area contributed by atoms with E-state index in [2.05, 4.69) is 5.32 Å². The minimum Gasteiger partial charge on any atom is -0.467 e. The Kier molecular flexibility index (Phi) is 8.00. The number of halogens is 1. The second-order valence-electron chi connectivity index (χ2n) is 6.98. The first-order valence-electron chi connectivity index (χ1n) is 9.91. The molecule has 0 aromatic heterocycles. The summed E-state index contributed by atoms with van der Waals surface area (Å²) in [6.07, 6.45) is 0.237. The molecular formula is C25H22ClNO5. The zero-order valence-corrected chi connectivity index (χ0v) is 18.2. The fourth-order valence-electron chi connectivity index (χ4n) is 3.10. The van der Waals surface area contributed by atoms with Crippen molar-refractivity contribution < 1.29 is 23.9 Å². The Balaban J connectivity index is 1.72. The third-order valence-electron chi connectivity index (χ3n) is 4.77. The first-order chi connectivity index (χ1) is 15.5. The van der Waals surface area contributed by atoms with Gasteiger partial charge < -0.3 is 14.8 Å². The highest BCUT2D eigenvalue weighted by molar-refractivity contribution is 6.30. The third kappa shape index (κ3) is 6.18. The zero-order chi connectivity index (χ0) is 22.9. The monoisotopic (exact) mass is 451 g/mol. The SMILES string of the molecule is COC(=O)C(Cc1ccc(Cl)cc1)NC(=O)c1ccccc1COC(=O)c1ccccc1. The Hall–Kier alpha value is -3.64. The number of esters is 2. The van der Waals surface area contributed by atoms with Gasteiger partial charge in [-0.15, -0.1) is 0 Å². The lowest BCUT2D eigenvalue weighted by Crippen LogP contribution is -2.43. The van der Waals surface area contributed by atoms with E-state index in [9.17, 15) is 14.4 Å². The Morgan fingerprint density at radius 1 is 0.906 bits per heavy atom. The molecule has 0 heterocycles. The van der Waals surface area contributed by atoms with E-state index in [1.165, 1.54) is 7.11 Å². The van der Waals surface area contributed by atoms with Crippen LogP contribution in [0.5, 0.6) is 0 Å². The van der Waals surface area contributed by atoms with Crippen molar-refractivity contribution in [2.45, 2.75) is 19.1 Å². The molecule has 0 aliphatic carbocycles. The smallest absolute Gasteiger partial charge is 0.338 e. The Bertz CT molecular complexity index is 1080. The molecule has 0 aliphatic rings. The van der Waals surface area contributed by atoms with E-state index in [0.29, 0.717) is 21.7 Å². The maximum absolute atomic E-state index is 13.0. The first-order valence-corrected chi connectivity index (χ1v) is 10.3. The minimum atomic E-state index is -0.895. The second kappa shape index (κ2) is 11.1. The highest BCUT2D eigenvalue weighted by Gasteiger charge is 2.24. The summed E-state index contributed by atoms with van der Waals surface area (Å²) in [7, 11) is 1.26. The van der Waals surface area contributed by atoms with Crippen molar-refractivity contribution in [3.63, 3.8) is 0 Å². The molecule has 3 aromatic rings. The van der Waals surface area contributed by atoms with Crippen LogP contribution in [-0.4, -0.2) is 31.0 Å². The van der Waals surface area contributed by atoms with Crippen LogP contribution >= 0.6 is 11.6 Å². The number of hydrogen-bond acceptors (Lipinski definition) is 5. The van der Waals surface area contributed by atoms with E-state index in [1.54, 1.807) is 78.9 Å². The molecule has 0 fully saturated rings. The van der Waals surface area contributed by atoms with Gasteiger partial charge >= 0.3 is 11.9 Å². The average molecular weight is 452 g/mol. The largest absolute Gasteiger partial charge is 0.467 e. The molecular weight excluding hydrogens is 430 g/mol. The maximum Gasteiger partial charge on any atom is 0.338 e. The van der Waals surface area contributed by atoms with E-state index < -0.39 is 23.9 Å². The summed E-state index contributed by atoms with van der Waals surface area (Å²) in [5.74, 6) is -1.53. The van der Waals surface area contributed by atoms with Gasteiger partial charge in [0.25, 0.3) is 5.91 Å². The lowest BCUT2D eigenvalue weighted by Gasteiger charge is -2.18. The topological polar surface area (TPSA) is 81.7 Å². The average Bonchev–Trinajstić information content (AvgIpc) is 2.83. The quantitative estimate of drug-likeness (QED) is 0.519. The van der Waals surface area contributed by atoms with Gasteiger partial charge in [0.1, 0.15) is 12.6 Å². The number of carbonyl (C=O) groups excluding carboxylic acids is 3. The van der Waals surface area contributed by atoms with Gasteiger partial charge in [0, 0.05) is 22.6 Å². The molecule has 1 N–H and O–H groups in total. The lowest BCUT2D eigenvalue weighted by molar-refractivity contribution is -0.142. The van der Waals surface area contributed by atoms with E-state index in [-0.39, 0.29) is 13.0 Å². The van der Waals surface area contributed by atoms with Crippen molar-refractivity contribution >= 4 is 29.4 Å². The van der Waals surface area contributed by atoms with E-state index in [0.717, 1.165) is 5.56 Å². The number of rotatable bonds is 8. The molecule has 1 unspecified atom stereocenters. The highest BCUT2D eigenvalue weighted by atomic mass is 35.5. The summed E-state index contributed by atoms with van der Waals surface area (Å²) in [5, 5.41) is 3.30. The molecule has 0 saturated heterocycles. The summed E-state index contributed by atoms with van der Waals surface area (Å²) in [4.78, 5) is 37.5. The van der Waals surface area contributed by atoms with Gasteiger partial charge in [0.2, 0.25) is 0 Å². The van der Waals surface area contributed by atoms with E-state index >= 15 is 0 Å². The fourth-order valence-corrected chi connectivity index (χ4v) is 3.22. The third-order valence-corrected chi connectivity index (χ3v) is 5.03. The molecule has 1 amide bonds. The fraction of sp³-hybridized carbons (Fsp3) is 0.160. The van der Waals surface area contributed by atoms with Crippen LogP contribution in [0.1, 0.15) is 31.8 Å². The van der Waals surface area contributed by atoms with Crippen molar-refractivity contribution in [2.75, 3.05) is 7.11 Å². The van der Waals surface area contributed by atoms with E-state index in [1.807, 2.05) is 0 Å².